The Morgan fingerprint density at radius 1 is 1.32 bits per heavy atom. The van der Waals surface area contributed by atoms with Gasteiger partial charge in [-0.1, -0.05) is 12.1 Å². The smallest absolute Gasteiger partial charge is 0.240 e. The van der Waals surface area contributed by atoms with Crippen LogP contribution < -0.4 is 5.32 Å². The summed E-state index contributed by atoms with van der Waals surface area (Å²) in [4.78, 5) is 11.9. The summed E-state index contributed by atoms with van der Waals surface area (Å²) in [6, 6.07) is 8.17. The fraction of sp³-hybridized carbons (Fsp3) is 0.385. The van der Waals surface area contributed by atoms with E-state index in [-0.39, 0.29) is 17.3 Å². The molecule has 1 N–H and O–H groups in total. The van der Waals surface area contributed by atoms with E-state index >= 15 is 0 Å². The average molecular weight is 280 g/mol. The van der Waals surface area contributed by atoms with Gasteiger partial charge in [-0.3, -0.25) is 4.79 Å². The minimum absolute atomic E-state index is 0.236. The van der Waals surface area contributed by atoms with Crippen molar-refractivity contribution in [3.05, 3.63) is 29.8 Å². The van der Waals surface area contributed by atoms with Gasteiger partial charge in [0.15, 0.2) is 9.84 Å². The number of nitriles is 1. The van der Waals surface area contributed by atoms with Crippen LogP contribution in [0.25, 0.3) is 0 Å². The Balaban J connectivity index is 2.71. The number of hydrogen-bond donors (Lipinski definition) is 1. The van der Waals surface area contributed by atoms with Crippen molar-refractivity contribution >= 4 is 15.7 Å². The number of rotatable bonds is 4. The molecule has 0 atom stereocenters. The second-order valence-electron chi connectivity index (χ2n) is 4.84. The van der Waals surface area contributed by atoms with Crippen LogP contribution in [-0.2, 0) is 21.2 Å². The highest BCUT2D eigenvalue weighted by atomic mass is 32.2. The van der Waals surface area contributed by atoms with Crippen molar-refractivity contribution in [2.45, 2.75) is 25.3 Å². The van der Waals surface area contributed by atoms with E-state index in [1.165, 1.54) is 26.0 Å². The molecule has 1 rings (SSSR count). The molecule has 0 bridgehead atoms. The number of benzene rings is 1. The Morgan fingerprint density at radius 3 is 2.26 bits per heavy atom. The molecule has 0 saturated heterocycles. The van der Waals surface area contributed by atoms with Crippen LogP contribution in [0.5, 0.6) is 0 Å². The summed E-state index contributed by atoms with van der Waals surface area (Å²) in [6.07, 6.45) is 1.14. The van der Waals surface area contributed by atoms with E-state index in [0.29, 0.717) is 0 Å². The van der Waals surface area contributed by atoms with E-state index in [1.807, 2.05) is 6.07 Å². The highest BCUT2D eigenvalue weighted by molar-refractivity contribution is 7.90. The molecule has 19 heavy (non-hydrogen) atoms. The predicted octanol–water partition coefficient (Wildman–Crippen LogP) is 1.26. The van der Waals surface area contributed by atoms with Crippen LogP contribution in [0.2, 0.25) is 0 Å². The molecule has 0 aliphatic carbocycles. The lowest BCUT2D eigenvalue weighted by Crippen LogP contribution is -2.35. The number of amides is 1. The van der Waals surface area contributed by atoms with Crippen molar-refractivity contribution in [3.8, 4) is 6.07 Å². The maximum atomic E-state index is 11.7. The summed E-state index contributed by atoms with van der Waals surface area (Å²) >= 11 is 0. The van der Waals surface area contributed by atoms with Crippen LogP contribution >= 0.6 is 0 Å². The lowest BCUT2D eigenvalue weighted by molar-refractivity contribution is -0.126. The number of carbonyl (C=O) groups excluding carboxylic acids is 1. The molecule has 1 amide bonds. The molecule has 0 radical (unpaired) electrons. The van der Waals surface area contributed by atoms with E-state index in [0.717, 1.165) is 11.8 Å². The SMILES string of the molecule is CC(C)(C#N)C(=O)NCc1ccc(S(C)(=O)=O)cc1. The fourth-order valence-electron chi connectivity index (χ4n) is 1.31. The van der Waals surface area contributed by atoms with Crippen LogP contribution in [0.4, 0.5) is 0 Å². The number of nitrogens with zero attached hydrogens (tertiary/aromatic N) is 1. The van der Waals surface area contributed by atoms with Gasteiger partial charge >= 0.3 is 0 Å². The van der Waals surface area contributed by atoms with Gasteiger partial charge in [-0.15, -0.1) is 0 Å². The maximum Gasteiger partial charge on any atom is 0.240 e. The molecule has 5 nitrogen and oxygen atoms in total. The second kappa shape index (κ2) is 5.41. The lowest BCUT2D eigenvalue weighted by atomic mass is 9.95. The van der Waals surface area contributed by atoms with Crippen LogP contribution in [0.1, 0.15) is 19.4 Å². The van der Waals surface area contributed by atoms with E-state index in [2.05, 4.69) is 5.32 Å². The summed E-state index contributed by atoms with van der Waals surface area (Å²) in [5.74, 6) is -0.359. The van der Waals surface area contributed by atoms with E-state index < -0.39 is 15.3 Å². The van der Waals surface area contributed by atoms with Crippen molar-refractivity contribution in [3.63, 3.8) is 0 Å². The Bertz CT molecular complexity index is 610. The van der Waals surface area contributed by atoms with Crippen molar-refractivity contribution in [2.24, 2.45) is 5.41 Å². The van der Waals surface area contributed by atoms with Gasteiger partial charge < -0.3 is 5.32 Å². The molecular weight excluding hydrogens is 264 g/mol. The van der Waals surface area contributed by atoms with Crippen LogP contribution in [-0.4, -0.2) is 20.6 Å². The molecule has 0 fully saturated rings. The largest absolute Gasteiger partial charge is 0.351 e. The van der Waals surface area contributed by atoms with Crippen molar-refractivity contribution in [2.75, 3.05) is 6.26 Å². The normalized spacial score (nSPS) is 11.7. The molecule has 0 aliphatic heterocycles. The third-order valence-corrected chi connectivity index (χ3v) is 3.78. The maximum absolute atomic E-state index is 11.7. The van der Waals surface area contributed by atoms with Crippen molar-refractivity contribution in [1.82, 2.24) is 5.32 Å². The van der Waals surface area contributed by atoms with Gasteiger partial charge in [-0.2, -0.15) is 5.26 Å². The van der Waals surface area contributed by atoms with Gasteiger partial charge in [0.2, 0.25) is 5.91 Å². The fourth-order valence-corrected chi connectivity index (χ4v) is 1.94. The number of hydrogen-bond acceptors (Lipinski definition) is 4. The molecule has 0 saturated carbocycles. The van der Waals surface area contributed by atoms with Gasteiger partial charge in [0.1, 0.15) is 5.41 Å². The van der Waals surface area contributed by atoms with Crippen LogP contribution in [0, 0.1) is 16.7 Å². The van der Waals surface area contributed by atoms with Gasteiger partial charge in [0, 0.05) is 12.8 Å². The van der Waals surface area contributed by atoms with Crippen LogP contribution in [0.15, 0.2) is 29.2 Å². The summed E-state index contributed by atoms with van der Waals surface area (Å²) in [6.45, 7) is 3.33. The van der Waals surface area contributed by atoms with Crippen LogP contribution in [0.3, 0.4) is 0 Å². The van der Waals surface area contributed by atoms with Gasteiger partial charge in [-0.05, 0) is 31.5 Å². The molecule has 0 heterocycles. The van der Waals surface area contributed by atoms with Gasteiger partial charge in [0.25, 0.3) is 0 Å². The number of carbonyl (C=O) groups is 1. The van der Waals surface area contributed by atoms with Gasteiger partial charge in [-0.25, -0.2) is 8.42 Å². The Kier molecular flexibility index (Phi) is 4.32. The zero-order valence-electron chi connectivity index (χ0n) is 11.1. The predicted molar refractivity (Wildman–Crippen MR) is 70.8 cm³/mol. The first-order chi connectivity index (χ1) is 8.66. The van der Waals surface area contributed by atoms with E-state index in [4.69, 9.17) is 5.26 Å². The average Bonchev–Trinajstić information content (AvgIpc) is 2.35. The Morgan fingerprint density at radius 2 is 1.84 bits per heavy atom. The minimum atomic E-state index is -3.21. The summed E-state index contributed by atoms with van der Waals surface area (Å²) in [7, 11) is -3.21. The first-order valence-electron chi connectivity index (χ1n) is 5.65. The monoisotopic (exact) mass is 280 g/mol. The number of sulfone groups is 1. The zero-order chi connectivity index (χ0) is 14.7. The lowest BCUT2D eigenvalue weighted by Gasteiger charge is -2.15. The van der Waals surface area contributed by atoms with E-state index in [9.17, 15) is 13.2 Å². The third-order valence-electron chi connectivity index (χ3n) is 2.65. The molecule has 0 unspecified atom stereocenters. The summed E-state index contributed by atoms with van der Waals surface area (Å²) in [5.41, 5.74) is -0.304. The zero-order valence-corrected chi connectivity index (χ0v) is 11.9. The first kappa shape index (κ1) is 15.2. The molecule has 6 heteroatoms. The third kappa shape index (κ3) is 4.07. The molecule has 1 aromatic carbocycles. The molecule has 102 valence electrons. The topological polar surface area (TPSA) is 87.0 Å². The summed E-state index contributed by atoms with van der Waals surface area (Å²) in [5, 5.41) is 11.4. The van der Waals surface area contributed by atoms with Crippen molar-refractivity contribution in [1.29, 1.82) is 5.26 Å². The Labute approximate surface area is 113 Å². The van der Waals surface area contributed by atoms with Crippen molar-refractivity contribution < 1.29 is 13.2 Å². The summed E-state index contributed by atoms with van der Waals surface area (Å²) < 4.78 is 22.5. The minimum Gasteiger partial charge on any atom is -0.351 e. The molecule has 0 aromatic heterocycles. The van der Waals surface area contributed by atoms with Gasteiger partial charge in [0.05, 0.1) is 11.0 Å². The molecular formula is C13H16N2O3S. The standard InChI is InChI=1S/C13H16N2O3S/c1-13(2,9-14)12(16)15-8-10-4-6-11(7-5-10)19(3,17)18/h4-7H,8H2,1-3H3,(H,15,16). The first-order valence-corrected chi connectivity index (χ1v) is 7.54. The molecule has 0 aliphatic rings. The Hall–Kier alpha value is -1.87. The highest BCUT2D eigenvalue weighted by Crippen LogP contribution is 2.14. The number of nitrogens with one attached hydrogen (secondary N) is 1. The quantitative estimate of drug-likeness (QED) is 0.899. The second-order valence-corrected chi connectivity index (χ2v) is 6.85. The van der Waals surface area contributed by atoms with E-state index in [1.54, 1.807) is 12.1 Å². The molecule has 1 aromatic rings. The molecule has 0 spiro atoms. The highest BCUT2D eigenvalue weighted by Gasteiger charge is 2.26.